The van der Waals surface area contributed by atoms with Crippen molar-refractivity contribution in [1.82, 2.24) is 10.2 Å². The van der Waals surface area contributed by atoms with Crippen molar-refractivity contribution in [1.29, 1.82) is 0 Å². The van der Waals surface area contributed by atoms with Crippen LogP contribution in [0.3, 0.4) is 0 Å². The minimum atomic E-state index is -4.31. The summed E-state index contributed by atoms with van der Waals surface area (Å²) in [6.07, 6.45) is 0.668. The molecule has 2 unspecified atom stereocenters. The lowest BCUT2D eigenvalue weighted by atomic mass is 10.1. The molecule has 41 heavy (non-hydrogen) atoms. The first-order valence-electron chi connectivity index (χ1n) is 13.2. The van der Waals surface area contributed by atoms with Gasteiger partial charge in [-0.15, -0.1) is 0 Å². The van der Waals surface area contributed by atoms with Crippen molar-refractivity contribution in [3.8, 4) is 11.5 Å². The van der Waals surface area contributed by atoms with Gasteiger partial charge in [0.1, 0.15) is 29.9 Å². The molecule has 0 aliphatic rings. The van der Waals surface area contributed by atoms with E-state index in [1.54, 1.807) is 24.3 Å². The van der Waals surface area contributed by atoms with Gasteiger partial charge in [-0.25, -0.2) is 12.8 Å². The monoisotopic (exact) mass is 585 g/mol. The molecule has 2 atom stereocenters. The predicted octanol–water partition coefficient (Wildman–Crippen LogP) is 4.37. The summed E-state index contributed by atoms with van der Waals surface area (Å²) >= 11 is 0. The normalized spacial score (nSPS) is 12.6. The molecule has 11 heteroatoms. The van der Waals surface area contributed by atoms with Gasteiger partial charge in [-0.1, -0.05) is 37.3 Å². The maximum Gasteiger partial charge on any atom is 0.264 e. The Morgan fingerprint density at radius 1 is 0.927 bits per heavy atom. The highest BCUT2D eigenvalue weighted by Crippen LogP contribution is 2.33. The molecule has 0 aliphatic carbocycles. The molecule has 9 nitrogen and oxygen atoms in total. The molecule has 0 spiro atoms. The zero-order valence-electron chi connectivity index (χ0n) is 23.8. The lowest BCUT2D eigenvalue weighted by Crippen LogP contribution is -2.52. The third-order valence-corrected chi connectivity index (χ3v) is 8.52. The number of methoxy groups -OCH3 is 2. The highest BCUT2D eigenvalue weighted by atomic mass is 32.2. The molecule has 0 fully saturated rings. The van der Waals surface area contributed by atoms with Crippen LogP contribution < -0.4 is 19.1 Å². The Kier molecular flexibility index (Phi) is 10.7. The summed E-state index contributed by atoms with van der Waals surface area (Å²) in [6, 6.07) is 16.9. The maximum atomic E-state index is 14.7. The van der Waals surface area contributed by atoms with Crippen molar-refractivity contribution in [3.63, 3.8) is 0 Å². The number of hydrogen-bond acceptors (Lipinski definition) is 6. The van der Waals surface area contributed by atoms with Gasteiger partial charge in [0.25, 0.3) is 10.0 Å². The Balaban J connectivity index is 2.08. The van der Waals surface area contributed by atoms with Crippen LogP contribution in [-0.4, -0.2) is 58.0 Å². The number of halogens is 1. The van der Waals surface area contributed by atoms with Crippen LogP contribution in [0.15, 0.2) is 77.7 Å². The summed E-state index contributed by atoms with van der Waals surface area (Å²) in [4.78, 5) is 28.2. The lowest BCUT2D eigenvalue weighted by Gasteiger charge is -2.32. The molecular formula is C30H36FN3O6S. The van der Waals surface area contributed by atoms with E-state index >= 15 is 0 Å². The standard InChI is InChI=1S/C30H36FN3O6S/c1-6-21(2)32-30(36)22(3)33(19-23-11-7-8-12-26(23)31)29(35)20-34(27-13-9-10-14-28(27)40-5)41(37,38)25-17-15-24(39-4)16-18-25/h7-18,21-22H,6,19-20H2,1-5H3,(H,32,36). The molecule has 220 valence electrons. The molecule has 0 bridgehead atoms. The number of nitrogens with one attached hydrogen (secondary N) is 1. The van der Waals surface area contributed by atoms with Crippen LogP contribution in [0.2, 0.25) is 0 Å². The van der Waals surface area contributed by atoms with E-state index in [1.807, 2.05) is 13.8 Å². The number of ether oxygens (including phenoxy) is 2. The van der Waals surface area contributed by atoms with Gasteiger partial charge in [0, 0.05) is 18.2 Å². The number of benzene rings is 3. The van der Waals surface area contributed by atoms with E-state index in [9.17, 15) is 22.4 Å². The van der Waals surface area contributed by atoms with E-state index in [2.05, 4.69) is 5.32 Å². The van der Waals surface area contributed by atoms with Gasteiger partial charge in [0.2, 0.25) is 11.8 Å². The fraction of sp³-hybridized carbons (Fsp3) is 0.333. The largest absolute Gasteiger partial charge is 0.497 e. The van der Waals surface area contributed by atoms with Crippen LogP contribution >= 0.6 is 0 Å². The van der Waals surface area contributed by atoms with E-state index < -0.39 is 40.2 Å². The minimum Gasteiger partial charge on any atom is -0.497 e. The van der Waals surface area contributed by atoms with Crippen molar-refractivity contribution in [2.45, 2.75) is 50.7 Å². The molecule has 2 amide bonds. The third kappa shape index (κ3) is 7.55. The second-order valence-electron chi connectivity index (χ2n) is 9.47. The number of rotatable bonds is 13. The summed E-state index contributed by atoms with van der Waals surface area (Å²) < 4.78 is 54.1. The topological polar surface area (TPSA) is 105 Å². The number of nitrogens with zero attached hydrogens (tertiary/aromatic N) is 2. The molecule has 1 N–H and O–H groups in total. The minimum absolute atomic E-state index is 0.0831. The van der Waals surface area contributed by atoms with Gasteiger partial charge in [0.15, 0.2) is 0 Å². The SMILES string of the molecule is CCC(C)NC(=O)C(C)N(Cc1ccccc1F)C(=O)CN(c1ccccc1OC)S(=O)(=O)c1ccc(OC)cc1. The smallest absolute Gasteiger partial charge is 0.264 e. The second-order valence-corrected chi connectivity index (χ2v) is 11.3. The Hall–Kier alpha value is -4.12. The number of hydrogen-bond donors (Lipinski definition) is 1. The zero-order chi connectivity index (χ0) is 30.2. The number of anilines is 1. The summed E-state index contributed by atoms with van der Waals surface area (Å²) in [5.74, 6) is -1.01. The van der Waals surface area contributed by atoms with Crippen LogP contribution in [0, 0.1) is 5.82 Å². The Labute approximate surface area is 240 Å². The second kappa shape index (κ2) is 14.0. The van der Waals surface area contributed by atoms with Crippen LogP contribution in [0.25, 0.3) is 0 Å². The number of para-hydroxylation sites is 2. The predicted molar refractivity (Wildman–Crippen MR) is 155 cm³/mol. The molecule has 3 aromatic rings. The van der Waals surface area contributed by atoms with Gasteiger partial charge in [-0.05, 0) is 62.7 Å². The van der Waals surface area contributed by atoms with E-state index in [4.69, 9.17) is 9.47 Å². The van der Waals surface area contributed by atoms with Crippen LogP contribution in [0.1, 0.15) is 32.8 Å². The highest BCUT2D eigenvalue weighted by Gasteiger charge is 2.34. The fourth-order valence-corrected chi connectivity index (χ4v) is 5.51. The zero-order valence-corrected chi connectivity index (χ0v) is 24.7. The van der Waals surface area contributed by atoms with Crippen molar-refractivity contribution in [2.24, 2.45) is 0 Å². The number of sulfonamides is 1. The number of carbonyl (C=O) groups is 2. The summed E-state index contributed by atoms with van der Waals surface area (Å²) in [5.41, 5.74) is 0.313. The van der Waals surface area contributed by atoms with E-state index in [0.717, 1.165) is 4.31 Å². The molecule has 3 aromatic carbocycles. The Morgan fingerprint density at radius 3 is 2.17 bits per heavy atom. The average molecular weight is 586 g/mol. The molecule has 3 rings (SSSR count). The van der Waals surface area contributed by atoms with Gasteiger partial charge >= 0.3 is 0 Å². The lowest BCUT2D eigenvalue weighted by molar-refractivity contribution is -0.139. The number of carbonyl (C=O) groups excluding carboxylic acids is 2. The molecule has 0 radical (unpaired) electrons. The Morgan fingerprint density at radius 2 is 1.56 bits per heavy atom. The van der Waals surface area contributed by atoms with Gasteiger partial charge < -0.3 is 19.7 Å². The summed E-state index contributed by atoms with van der Waals surface area (Å²) in [5, 5.41) is 2.84. The van der Waals surface area contributed by atoms with Gasteiger partial charge in [-0.3, -0.25) is 13.9 Å². The van der Waals surface area contributed by atoms with Crippen molar-refractivity contribution in [3.05, 3.63) is 84.2 Å². The quantitative estimate of drug-likeness (QED) is 0.320. The molecule has 0 aliphatic heterocycles. The molecule has 0 saturated carbocycles. The molecule has 0 aromatic heterocycles. The Bertz CT molecular complexity index is 1450. The summed E-state index contributed by atoms with van der Waals surface area (Å²) in [6.45, 7) is 4.35. The van der Waals surface area contributed by atoms with Gasteiger partial charge in [-0.2, -0.15) is 0 Å². The maximum absolute atomic E-state index is 14.7. The molecule has 0 heterocycles. The fourth-order valence-electron chi connectivity index (χ4n) is 4.08. The highest BCUT2D eigenvalue weighted by molar-refractivity contribution is 7.92. The van der Waals surface area contributed by atoms with Crippen LogP contribution in [0.4, 0.5) is 10.1 Å². The first-order valence-corrected chi connectivity index (χ1v) is 14.6. The molecule has 0 saturated heterocycles. The first-order chi connectivity index (χ1) is 19.5. The first kappa shape index (κ1) is 31.4. The third-order valence-electron chi connectivity index (χ3n) is 6.75. The van der Waals surface area contributed by atoms with Gasteiger partial charge in [0.05, 0.1) is 24.8 Å². The van der Waals surface area contributed by atoms with Crippen LogP contribution in [-0.2, 0) is 26.2 Å². The van der Waals surface area contributed by atoms with Crippen molar-refractivity contribution >= 4 is 27.5 Å². The van der Waals surface area contributed by atoms with Crippen molar-refractivity contribution in [2.75, 3.05) is 25.1 Å². The number of amides is 2. The van der Waals surface area contributed by atoms with E-state index in [1.165, 1.54) is 74.6 Å². The van der Waals surface area contributed by atoms with E-state index in [-0.39, 0.29) is 34.5 Å². The summed E-state index contributed by atoms with van der Waals surface area (Å²) in [7, 11) is -1.46. The van der Waals surface area contributed by atoms with Crippen LogP contribution in [0.5, 0.6) is 11.5 Å². The van der Waals surface area contributed by atoms with Crippen molar-refractivity contribution < 1.29 is 31.9 Å². The molecular weight excluding hydrogens is 549 g/mol. The van der Waals surface area contributed by atoms with E-state index in [0.29, 0.717) is 12.2 Å². The average Bonchev–Trinajstić information content (AvgIpc) is 2.98.